The second-order valence-electron chi connectivity index (χ2n) is 7.67. The van der Waals surface area contributed by atoms with E-state index < -0.39 is 0 Å². The van der Waals surface area contributed by atoms with Crippen LogP contribution in [0.25, 0.3) is 0 Å². The van der Waals surface area contributed by atoms with Crippen molar-refractivity contribution in [3.05, 3.63) is 12.4 Å². The zero-order valence-corrected chi connectivity index (χ0v) is 14.9. The van der Waals surface area contributed by atoms with Crippen LogP contribution in [0.4, 0.5) is 5.69 Å². The van der Waals surface area contributed by atoms with Gasteiger partial charge in [0.15, 0.2) is 0 Å². The molecule has 1 atom stereocenters. The molecule has 0 bridgehead atoms. The van der Waals surface area contributed by atoms with Gasteiger partial charge in [-0.1, -0.05) is 0 Å². The predicted molar refractivity (Wildman–Crippen MR) is 94.3 cm³/mol. The third-order valence-electron chi connectivity index (χ3n) is 5.77. The quantitative estimate of drug-likeness (QED) is 0.821. The Morgan fingerprint density at radius 2 is 2.08 bits per heavy atom. The van der Waals surface area contributed by atoms with E-state index in [4.69, 9.17) is 0 Å². The largest absolute Gasteiger partial charge is 0.343 e. The topological polar surface area (TPSA) is 61.7 Å². The van der Waals surface area contributed by atoms with Gasteiger partial charge in [-0.25, -0.2) is 0 Å². The molecule has 0 aliphatic carbocycles. The molecular formula is C18H27N5O2. The first-order valence-electron chi connectivity index (χ1n) is 9.42. The van der Waals surface area contributed by atoms with Crippen LogP contribution in [0.2, 0.25) is 0 Å². The van der Waals surface area contributed by atoms with Crippen molar-refractivity contribution in [1.82, 2.24) is 19.6 Å². The molecule has 3 fully saturated rings. The number of likely N-dealkylation sites (tertiary alicyclic amines) is 2. The first kappa shape index (κ1) is 16.6. The SMILES string of the molecule is CC(=O)N1CCCC(CN2CC(n3cc(N4CCCC4=O)cn3)C2)C1. The zero-order valence-electron chi connectivity index (χ0n) is 14.9. The molecule has 0 N–H and O–H groups in total. The summed E-state index contributed by atoms with van der Waals surface area (Å²) in [5.74, 6) is 1.00. The lowest BCUT2D eigenvalue weighted by Crippen LogP contribution is -2.51. The summed E-state index contributed by atoms with van der Waals surface area (Å²) in [6.07, 6.45) is 7.77. The van der Waals surface area contributed by atoms with Gasteiger partial charge in [0.25, 0.3) is 0 Å². The fourth-order valence-corrected chi connectivity index (χ4v) is 4.31. The molecule has 4 rings (SSSR count). The summed E-state index contributed by atoms with van der Waals surface area (Å²) in [5, 5.41) is 4.48. The van der Waals surface area contributed by atoms with Crippen molar-refractivity contribution in [2.75, 3.05) is 44.2 Å². The molecule has 7 nitrogen and oxygen atoms in total. The van der Waals surface area contributed by atoms with Gasteiger partial charge in [0.2, 0.25) is 11.8 Å². The Labute approximate surface area is 148 Å². The van der Waals surface area contributed by atoms with Crippen molar-refractivity contribution in [1.29, 1.82) is 0 Å². The number of carbonyl (C=O) groups is 2. The predicted octanol–water partition coefficient (Wildman–Crippen LogP) is 1.13. The van der Waals surface area contributed by atoms with E-state index in [1.165, 1.54) is 6.42 Å². The lowest BCUT2D eigenvalue weighted by atomic mass is 9.95. The average molecular weight is 345 g/mol. The summed E-state index contributed by atoms with van der Waals surface area (Å²) in [5.41, 5.74) is 0.935. The first-order valence-corrected chi connectivity index (χ1v) is 9.42. The molecule has 3 aliphatic rings. The highest BCUT2D eigenvalue weighted by atomic mass is 16.2. The highest BCUT2D eigenvalue weighted by Crippen LogP contribution is 2.27. The zero-order chi connectivity index (χ0) is 17.4. The molecule has 3 saturated heterocycles. The van der Waals surface area contributed by atoms with E-state index in [9.17, 15) is 9.59 Å². The maximum atomic E-state index is 11.8. The van der Waals surface area contributed by atoms with Crippen LogP contribution in [0.15, 0.2) is 12.4 Å². The number of hydrogen-bond donors (Lipinski definition) is 0. The molecule has 3 aliphatic heterocycles. The maximum Gasteiger partial charge on any atom is 0.227 e. The lowest BCUT2D eigenvalue weighted by molar-refractivity contribution is -0.130. The van der Waals surface area contributed by atoms with Crippen LogP contribution in [0.3, 0.4) is 0 Å². The summed E-state index contributed by atoms with van der Waals surface area (Å²) in [7, 11) is 0. The van der Waals surface area contributed by atoms with Crippen LogP contribution in [-0.2, 0) is 9.59 Å². The fraction of sp³-hybridized carbons (Fsp3) is 0.722. The number of aromatic nitrogens is 2. The maximum absolute atomic E-state index is 11.8. The van der Waals surface area contributed by atoms with Gasteiger partial charge in [-0.05, 0) is 25.2 Å². The van der Waals surface area contributed by atoms with Crippen molar-refractivity contribution >= 4 is 17.5 Å². The van der Waals surface area contributed by atoms with Gasteiger partial charge in [-0.15, -0.1) is 0 Å². The van der Waals surface area contributed by atoms with Gasteiger partial charge in [0.05, 0.1) is 17.9 Å². The Balaban J connectivity index is 1.27. The average Bonchev–Trinajstić information content (AvgIpc) is 3.19. The fourth-order valence-electron chi connectivity index (χ4n) is 4.31. The van der Waals surface area contributed by atoms with E-state index in [0.717, 1.165) is 57.8 Å². The van der Waals surface area contributed by atoms with Gasteiger partial charge < -0.3 is 9.80 Å². The second-order valence-corrected chi connectivity index (χ2v) is 7.67. The highest BCUT2D eigenvalue weighted by molar-refractivity contribution is 5.95. The number of piperidine rings is 1. The molecule has 0 saturated carbocycles. The minimum Gasteiger partial charge on any atom is -0.343 e. The van der Waals surface area contributed by atoms with Crippen LogP contribution in [0.5, 0.6) is 0 Å². The molecule has 25 heavy (non-hydrogen) atoms. The smallest absolute Gasteiger partial charge is 0.227 e. The van der Waals surface area contributed by atoms with Crippen LogP contribution in [0.1, 0.15) is 38.6 Å². The summed E-state index contributed by atoms with van der Waals surface area (Å²) in [6, 6.07) is 0.402. The van der Waals surface area contributed by atoms with Crippen molar-refractivity contribution in [2.45, 2.75) is 38.6 Å². The van der Waals surface area contributed by atoms with Crippen LogP contribution < -0.4 is 4.90 Å². The third kappa shape index (κ3) is 3.42. The third-order valence-corrected chi connectivity index (χ3v) is 5.77. The van der Waals surface area contributed by atoms with Crippen molar-refractivity contribution in [2.24, 2.45) is 5.92 Å². The highest BCUT2D eigenvalue weighted by Gasteiger charge is 2.33. The van der Waals surface area contributed by atoms with Gasteiger partial charge in [0, 0.05) is 58.8 Å². The van der Waals surface area contributed by atoms with Crippen LogP contribution >= 0.6 is 0 Å². The molecule has 0 spiro atoms. The molecule has 2 amide bonds. The summed E-state index contributed by atoms with van der Waals surface area (Å²) < 4.78 is 2.01. The Hall–Kier alpha value is -1.89. The van der Waals surface area contributed by atoms with Gasteiger partial charge in [-0.2, -0.15) is 5.10 Å². The van der Waals surface area contributed by atoms with E-state index in [0.29, 0.717) is 18.4 Å². The second kappa shape index (κ2) is 6.78. The van der Waals surface area contributed by atoms with E-state index >= 15 is 0 Å². The molecule has 0 aromatic carbocycles. The molecule has 7 heteroatoms. The number of nitrogens with zero attached hydrogens (tertiary/aromatic N) is 5. The van der Waals surface area contributed by atoms with E-state index in [1.807, 2.05) is 26.9 Å². The van der Waals surface area contributed by atoms with Gasteiger partial charge in [0.1, 0.15) is 0 Å². The monoisotopic (exact) mass is 345 g/mol. The number of hydrogen-bond acceptors (Lipinski definition) is 4. The molecule has 1 unspecified atom stereocenters. The molecule has 1 aromatic rings. The Kier molecular flexibility index (Phi) is 4.50. The van der Waals surface area contributed by atoms with E-state index in [1.54, 1.807) is 6.92 Å². The summed E-state index contributed by atoms with van der Waals surface area (Å²) in [6.45, 7) is 7.38. The normalized spacial score (nSPS) is 25.5. The van der Waals surface area contributed by atoms with Crippen molar-refractivity contribution < 1.29 is 9.59 Å². The van der Waals surface area contributed by atoms with Crippen molar-refractivity contribution in [3.63, 3.8) is 0 Å². The Bertz CT molecular complexity index is 652. The molecule has 136 valence electrons. The van der Waals surface area contributed by atoms with Crippen LogP contribution in [-0.4, -0.2) is 70.7 Å². The van der Waals surface area contributed by atoms with Crippen molar-refractivity contribution in [3.8, 4) is 0 Å². The first-order chi connectivity index (χ1) is 12.1. The van der Waals surface area contributed by atoms with E-state index in [-0.39, 0.29) is 11.8 Å². The minimum absolute atomic E-state index is 0.201. The van der Waals surface area contributed by atoms with Gasteiger partial charge in [-0.3, -0.25) is 19.2 Å². The standard InChI is InChI=1S/C18H27N5O2/c1-14(24)21-6-2-4-15(10-21)9-20-11-17(12-20)23-13-16(8-19-23)22-7-3-5-18(22)25/h8,13,15,17H,2-7,9-12H2,1H3. The number of carbonyl (C=O) groups excluding carboxylic acids is 2. The molecular weight excluding hydrogens is 318 g/mol. The van der Waals surface area contributed by atoms with E-state index in [2.05, 4.69) is 10.00 Å². The number of anilines is 1. The van der Waals surface area contributed by atoms with Gasteiger partial charge >= 0.3 is 0 Å². The number of amides is 2. The lowest BCUT2D eigenvalue weighted by Gasteiger charge is -2.43. The Morgan fingerprint density at radius 1 is 1.24 bits per heavy atom. The summed E-state index contributed by atoms with van der Waals surface area (Å²) >= 11 is 0. The number of rotatable bonds is 4. The summed E-state index contributed by atoms with van der Waals surface area (Å²) in [4.78, 5) is 29.7. The Morgan fingerprint density at radius 3 is 2.80 bits per heavy atom. The van der Waals surface area contributed by atoms with Crippen LogP contribution in [0, 0.1) is 5.92 Å². The molecule has 4 heterocycles. The molecule has 1 aromatic heterocycles. The minimum atomic E-state index is 0.201. The molecule has 0 radical (unpaired) electrons.